The SMILES string of the molecule is C=CCn1c(SCC(=O)c2ccc(CCNC(C)=O)s2)nnc1C1CC1. The van der Waals surface area contributed by atoms with Crippen molar-refractivity contribution in [2.24, 2.45) is 0 Å². The number of ketones is 1. The second kappa shape index (κ2) is 8.64. The van der Waals surface area contributed by atoms with Crippen LogP contribution in [0, 0.1) is 0 Å². The third-order valence-corrected chi connectivity index (χ3v) is 6.17. The third-order valence-electron chi connectivity index (χ3n) is 4.01. The van der Waals surface area contributed by atoms with Crippen LogP contribution in [0.25, 0.3) is 0 Å². The number of hydrogen-bond acceptors (Lipinski definition) is 6. The molecule has 2 heterocycles. The standard InChI is InChI=1S/C18H22N4O2S2/c1-3-10-22-17(13-4-5-13)20-21-18(22)25-11-15(24)16-7-6-14(26-16)8-9-19-12(2)23/h3,6-7,13H,1,4-5,8-11H2,2H3,(H,19,23). The molecule has 26 heavy (non-hydrogen) atoms. The molecule has 2 aromatic rings. The maximum atomic E-state index is 12.5. The Morgan fingerprint density at radius 1 is 1.42 bits per heavy atom. The van der Waals surface area contributed by atoms with Crippen molar-refractivity contribution in [3.05, 3.63) is 40.4 Å². The number of Topliss-reactive ketones (excluding diaryl/α,β-unsaturated/α-hetero) is 1. The molecule has 0 aromatic carbocycles. The van der Waals surface area contributed by atoms with Crippen molar-refractivity contribution in [3.8, 4) is 0 Å². The van der Waals surface area contributed by atoms with Gasteiger partial charge in [0, 0.05) is 30.8 Å². The Bertz CT molecular complexity index is 808. The van der Waals surface area contributed by atoms with E-state index in [1.807, 2.05) is 18.2 Å². The van der Waals surface area contributed by atoms with E-state index in [9.17, 15) is 9.59 Å². The summed E-state index contributed by atoms with van der Waals surface area (Å²) in [6, 6.07) is 3.82. The maximum absolute atomic E-state index is 12.5. The number of thiophene rings is 1. The molecule has 0 spiro atoms. The van der Waals surface area contributed by atoms with Gasteiger partial charge >= 0.3 is 0 Å². The molecule has 0 aliphatic heterocycles. The number of nitrogens with one attached hydrogen (secondary N) is 1. The molecule has 1 amide bonds. The van der Waals surface area contributed by atoms with Crippen molar-refractivity contribution >= 4 is 34.8 Å². The number of rotatable bonds is 10. The molecule has 1 aliphatic carbocycles. The summed E-state index contributed by atoms with van der Waals surface area (Å²) in [7, 11) is 0. The fourth-order valence-electron chi connectivity index (χ4n) is 2.58. The number of hydrogen-bond donors (Lipinski definition) is 1. The average Bonchev–Trinajstić information content (AvgIpc) is 3.20. The van der Waals surface area contributed by atoms with Gasteiger partial charge in [0.15, 0.2) is 10.9 Å². The Morgan fingerprint density at radius 3 is 2.92 bits per heavy atom. The van der Waals surface area contributed by atoms with Crippen LogP contribution < -0.4 is 5.32 Å². The second-order valence-electron chi connectivity index (χ2n) is 6.23. The molecule has 0 atom stereocenters. The summed E-state index contributed by atoms with van der Waals surface area (Å²) >= 11 is 2.92. The first kappa shape index (κ1) is 18.8. The number of thioether (sulfide) groups is 1. The van der Waals surface area contributed by atoms with E-state index >= 15 is 0 Å². The number of carbonyl (C=O) groups excluding carboxylic acids is 2. The summed E-state index contributed by atoms with van der Waals surface area (Å²) in [5.41, 5.74) is 0. The first-order valence-corrected chi connectivity index (χ1v) is 10.4. The fourth-order valence-corrected chi connectivity index (χ4v) is 4.45. The predicted octanol–water partition coefficient (Wildman–Crippen LogP) is 3.06. The molecule has 0 bridgehead atoms. The van der Waals surface area contributed by atoms with Crippen LogP contribution in [0.5, 0.6) is 0 Å². The Balaban J connectivity index is 1.56. The molecule has 1 aliphatic rings. The van der Waals surface area contributed by atoms with Gasteiger partial charge < -0.3 is 9.88 Å². The lowest BCUT2D eigenvalue weighted by atomic mass is 10.3. The minimum atomic E-state index is -0.0385. The number of carbonyl (C=O) groups is 2. The van der Waals surface area contributed by atoms with Crippen LogP contribution in [0.15, 0.2) is 29.9 Å². The van der Waals surface area contributed by atoms with Crippen LogP contribution in [0.2, 0.25) is 0 Å². The van der Waals surface area contributed by atoms with E-state index in [0.29, 0.717) is 24.8 Å². The number of allylic oxidation sites excluding steroid dienone is 1. The summed E-state index contributed by atoms with van der Waals surface area (Å²) in [6.07, 6.45) is 4.90. The van der Waals surface area contributed by atoms with Crippen molar-refractivity contribution in [3.63, 3.8) is 0 Å². The van der Waals surface area contributed by atoms with Crippen LogP contribution in [-0.4, -0.2) is 38.8 Å². The van der Waals surface area contributed by atoms with Gasteiger partial charge in [-0.15, -0.1) is 28.1 Å². The fraction of sp³-hybridized carbons (Fsp3) is 0.444. The van der Waals surface area contributed by atoms with Crippen molar-refractivity contribution in [1.82, 2.24) is 20.1 Å². The highest BCUT2D eigenvalue weighted by atomic mass is 32.2. The molecule has 6 nitrogen and oxygen atoms in total. The quantitative estimate of drug-likeness (QED) is 0.383. The van der Waals surface area contributed by atoms with Gasteiger partial charge in [-0.25, -0.2) is 0 Å². The first-order chi connectivity index (χ1) is 12.6. The zero-order valence-corrected chi connectivity index (χ0v) is 16.4. The van der Waals surface area contributed by atoms with Gasteiger partial charge in [0.25, 0.3) is 0 Å². The van der Waals surface area contributed by atoms with Gasteiger partial charge in [-0.3, -0.25) is 9.59 Å². The first-order valence-electron chi connectivity index (χ1n) is 8.61. The zero-order valence-electron chi connectivity index (χ0n) is 14.7. The molecular formula is C18H22N4O2S2. The van der Waals surface area contributed by atoms with Crippen molar-refractivity contribution in [2.75, 3.05) is 12.3 Å². The highest BCUT2D eigenvalue weighted by molar-refractivity contribution is 7.99. The molecule has 8 heteroatoms. The molecule has 1 fully saturated rings. The molecule has 3 rings (SSSR count). The van der Waals surface area contributed by atoms with Gasteiger partial charge in [0.1, 0.15) is 5.82 Å². The monoisotopic (exact) mass is 390 g/mol. The van der Waals surface area contributed by atoms with E-state index in [1.165, 1.54) is 30.0 Å². The van der Waals surface area contributed by atoms with Crippen LogP contribution >= 0.6 is 23.1 Å². The largest absolute Gasteiger partial charge is 0.356 e. The minimum absolute atomic E-state index is 0.0385. The Hall–Kier alpha value is -1.93. The van der Waals surface area contributed by atoms with Gasteiger partial charge in [0.05, 0.1) is 10.6 Å². The van der Waals surface area contributed by atoms with E-state index in [4.69, 9.17) is 0 Å². The Labute approximate surface area is 161 Å². The summed E-state index contributed by atoms with van der Waals surface area (Å²) in [5, 5.41) is 12.1. The molecule has 0 saturated heterocycles. The van der Waals surface area contributed by atoms with E-state index < -0.39 is 0 Å². The lowest BCUT2D eigenvalue weighted by Crippen LogP contribution is -2.22. The van der Waals surface area contributed by atoms with Gasteiger partial charge in [-0.1, -0.05) is 17.8 Å². The number of amides is 1. The van der Waals surface area contributed by atoms with E-state index in [0.717, 1.165) is 40.0 Å². The molecule has 0 radical (unpaired) electrons. The average molecular weight is 391 g/mol. The molecule has 0 unspecified atom stereocenters. The van der Waals surface area contributed by atoms with Gasteiger partial charge in [-0.05, 0) is 31.4 Å². The summed E-state index contributed by atoms with van der Waals surface area (Å²) in [6.45, 7) is 6.56. The lowest BCUT2D eigenvalue weighted by molar-refractivity contribution is -0.118. The molecular weight excluding hydrogens is 368 g/mol. The maximum Gasteiger partial charge on any atom is 0.216 e. The highest BCUT2D eigenvalue weighted by Gasteiger charge is 2.30. The molecule has 1 N–H and O–H groups in total. The predicted molar refractivity (Wildman–Crippen MR) is 104 cm³/mol. The highest BCUT2D eigenvalue weighted by Crippen LogP contribution is 2.40. The van der Waals surface area contributed by atoms with Gasteiger partial charge in [-0.2, -0.15) is 0 Å². The van der Waals surface area contributed by atoms with Crippen LogP contribution in [0.3, 0.4) is 0 Å². The summed E-state index contributed by atoms with van der Waals surface area (Å²) in [5.74, 6) is 1.91. The molecule has 2 aromatic heterocycles. The van der Waals surface area contributed by atoms with E-state index in [2.05, 4.69) is 26.7 Å². The van der Waals surface area contributed by atoms with E-state index in [-0.39, 0.29) is 11.7 Å². The Kier molecular flexibility index (Phi) is 6.26. The van der Waals surface area contributed by atoms with Crippen molar-refractivity contribution < 1.29 is 9.59 Å². The zero-order chi connectivity index (χ0) is 18.5. The number of nitrogens with zero attached hydrogens (tertiary/aromatic N) is 3. The van der Waals surface area contributed by atoms with Crippen molar-refractivity contribution in [1.29, 1.82) is 0 Å². The van der Waals surface area contributed by atoms with Crippen molar-refractivity contribution in [2.45, 2.75) is 43.8 Å². The normalized spacial score (nSPS) is 13.6. The molecule has 138 valence electrons. The summed E-state index contributed by atoms with van der Waals surface area (Å²) < 4.78 is 2.07. The van der Waals surface area contributed by atoms with Crippen LogP contribution in [0.4, 0.5) is 0 Å². The number of aromatic nitrogens is 3. The third kappa shape index (κ3) is 4.82. The minimum Gasteiger partial charge on any atom is -0.356 e. The van der Waals surface area contributed by atoms with Gasteiger partial charge in [0.2, 0.25) is 5.91 Å². The van der Waals surface area contributed by atoms with Crippen LogP contribution in [-0.2, 0) is 17.8 Å². The summed E-state index contributed by atoms with van der Waals surface area (Å²) in [4.78, 5) is 25.2. The molecule has 1 saturated carbocycles. The topological polar surface area (TPSA) is 76.9 Å². The Morgan fingerprint density at radius 2 is 2.23 bits per heavy atom. The lowest BCUT2D eigenvalue weighted by Gasteiger charge is -2.06. The van der Waals surface area contributed by atoms with Crippen LogP contribution in [0.1, 0.15) is 46.1 Å². The smallest absolute Gasteiger partial charge is 0.216 e. The second-order valence-corrected chi connectivity index (χ2v) is 8.34. The van der Waals surface area contributed by atoms with E-state index in [1.54, 1.807) is 0 Å².